The van der Waals surface area contributed by atoms with Crippen LogP contribution in [0.5, 0.6) is 0 Å². The van der Waals surface area contributed by atoms with Crippen LogP contribution in [-0.4, -0.2) is 10.1 Å². The van der Waals surface area contributed by atoms with Crippen LogP contribution in [0.15, 0.2) is 45.0 Å². The van der Waals surface area contributed by atoms with Gasteiger partial charge in [-0.05, 0) is 33.4 Å². The molecular formula is C12H8BrN3OS. The Labute approximate surface area is 116 Å². The molecule has 0 saturated heterocycles. The summed E-state index contributed by atoms with van der Waals surface area (Å²) in [6, 6.07) is 5.76. The highest BCUT2D eigenvalue weighted by Crippen LogP contribution is 2.41. The van der Waals surface area contributed by atoms with Gasteiger partial charge in [-0.2, -0.15) is 0 Å². The fraction of sp³-hybridized carbons (Fsp3) is 0. The van der Waals surface area contributed by atoms with Crippen molar-refractivity contribution in [1.82, 2.24) is 10.1 Å². The summed E-state index contributed by atoms with van der Waals surface area (Å²) in [6.45, 7) is 0. The molecule has 0 unspecified atom stereocenters. The van der Waals surface area contributed by atoms with Crippen LogP contribution >= 0.6 is 27.3 Å². The van der Waals surface area contributed by atoms with E-state index in [9.17, 15) is 0 Å². The quantitative estimate of drug-likeness (QED) is 0.779. The number of aromatic nitrogens is 2. The van der Waals surface area contributed by atoms with Crippen molar-refractivity contribution in [1.29, 1.82) is 0 Å². The van der Waals surface area contributed by atoms with Crippen LogP contribution in [-0.2, 0) is 0 Å². The van der Waals surface area contributed by atoms with E-state index < -0.39 is 0 Å². The molecule has 3 aromatic heterocycles. The zero-order valence-corrected chi connectivity index (χ0v) is 11.5. The summed E-state index contributed by atoms with van der Waals surface area (Å²) in [6.07, 6.45) is 3.46. The molecule has 0 saturated carbocycles. The molecule has 0 aliphatic heterocycles. The monoisotopic (exact) mass is 321 g/mol. The van der Waals surface area contributed by atoms with Crippen LogP contribution < -0.4 is 5.73 Å². The summed E-state index contributed by atoms with van der Waals surface area (Å²) in [5.41, 5.74) is 8.28. The Morgan fingerprint density at radius 3 is 2.89 bits per heavy atom. The molecule has 3 aromatic rings. The van der Waals surface area contributed by atoms with E-state index in [0.29, 0.717) is 5.88 Å². The lowest BCUT2D eigenvalue weighted by Gasteiger charge is -2.00. The molecule has 0 atom stereocenters. The molecule has 0 aromatic carbocycles. The van der Waals surface area contributed by atoms with E-state index in [1.54, 1.807) is 23.7 Å². The Kier molecular flexibility index (Phi) is 2.89. The lowest BCUT2D eigenvalue weighted by molar-refractivity contribution is 0.439. The molecule has 0 fully saturated rings. The first-order chi connectivity index (χ1) is 8.77. The zero-order valence-electron chi connectivity index (χ0n) is 9.13. The topological polar surface area (TPSA) is 64.9 Å². The van der Waals surface area contributed by atoms with Gasteiger partial charge >= 0.3 is 0 Å². The molecule has 6 heteroatoms. The minimum Gasteiger partial charge on any atom is -0.367 e. The summed E-state index contributed by atoms with van der Waals surface area (Å²) in [4.78, 5) is 5.09. The standard InChI is InChI=1S/C12H8BrN3OS/c13-8-3-5-18-11(8)10-9(12(14)17-16-10)7-2-1-4-15-6-7/h1-6H,14H2. The van der Waals surface area contributed by atoms with Crippen molar-refractivity contribution in [2.75, 3.05) is 5.73 Å². The molecule has 0 spiro atoms. The molecular weight excluding hydrogens is 314 g/mol. The predicted molar refractivity (Wildman–Crippen MR) is 75.2 cm³/mol. The van der Waals surface area contributed by atoms with Crippen molar-refractivity contribution in [3.8, 4) is 21.7 Å². The Morgan fingerprint density at radius 2 is 2.22 bits per heavy atom. The van der Waals surface area contributed by atoms with E-state index in [1.807, 2.05) is 23.6 Å². The second kappa shape index (κ2) is 4.55. The Balaban J connectivity index is 2.22. The SMILES string of the molecule is Nc1onc(-c2sccc2Br)c1-c1cccnc1. The summed E-state index contributed by atoms with van der Waals surface area (Å²) in [5, 5.41) is 6.03. The summed E-state index contributed by atoms with van der Waals surface area (Å²) in [7, 11) is 0. The molecule has 0 amide bonds. The van der Waals surface area contributed by atoms with Crippen molar-refractivity contribution < 1.29 is 4.52 Å². The maximum Gasteiger partial charge on any atom is 0.230 e. The molecule has 4 nitrogen and oxygen atoms in total. The van der Waals surface area contributed by atoms with Gasteiger partial charge in [0.1, 0.15) is 5.69 Å². The average Bonchev–Trinajstić information content (AvgIpc) is 2.96. The first-order valence-electron chi connectivity index (χ1n) is 5.16. The van der Waals surface area contributed by atoms with Crippen LogP contribution in [0, 0.1) is 0 Å². The highest BCUT2D eigenvalue weighted by atomic mass is 79.9. The fourth-order valence-electron chi connectivity index (χ4n) is 1.71. The van der Waals surface area contributed by atoms with E-state index >= 15 is 0 Å². The number of anilines is 1. The lowest BCUT2D eigenvalue weighted by atomic mass is 10.1. The number of halogens is 1. The van der Waals surface area contributed by atoms with Gasteiger partial charge in [-0.25, -0.2) is 0 Å². The third-order valence-corrected chi connectivity index (χ3v) is 4.35. The summed E-state index contributed by atoms with van der Waals surface area (Å²) < 4.78 is 6.09. The van der Waals surface area contributed by atoms with Gasteiger partial charge in [0.25, 0.3) is 0 Å². The van der Waals surface area contributed by atoms with Gasteiger partial charge in [0, 0.05) is 22.4 Å². The summed E-state index contributed by atoms with van der Waals surface area (Å²) >= 11 is 5.07. The lowest BCUT2D eigenvalue weighted by Crippen LogP contribution is -1.87. The molecule has 0 aliphatic rings. The van der Waals surface area contributed by atoms with Gasteiger partial charge in [-0.1, -0.05) is 11.2 Å². The second-order valence-electron chi connectivity index (χ2n) is 3.61. The van der Waals surface area contributed by atoms with Crippen molar-refractivity contribution in [3.63, 3.8) is 0 Å². The number of hydrogen-bond acceptors (Lipinski definition) is 5. The van der Waals surface area contributed by atoms with E-state index in [-0.39, 0.29) is 0 Å². The van der Waals surface area contributed by atoms with Crippen LogP contribution in [0.3, 0.4) is 0 Å². The average molecular weight is 322 g/mol. The molecule has 0 aliphatic carbocycles. The number of rotatable bonds is 2. The summed E-state index contributed by atoms with van der Waals surface area (Å²) in [5.74, 6) is 0.304. The number of nitrogens with zero attached hydrogens (tertiary/aromatic N) is 2. The maximum absolute atomic E-state index is 5.86. The smallest absolute Gasteiger partial charge is 0.230 e. The molecule has 0 bridgehead atoms. The third-order valence-electron chi connectivity index (χ3n) is 2.50. The second-order valence-corrected chi connectivity index (χ2v) is 5.38. The van der Waals surface area contributed by atoms with Crippen LogP contribution in [0.25, 0.3) is 21.7 Å². The molecule has 2 N–H and O–H groups in total. The largest absolute Gasteiger partial charge is 0.367 e. The normalized spacial score (nSPS) is 10.7. The third kappa shape index (κ3) is 1.83. The van der Waals surface area contributed by atoms with Gasteiger partial charge < -0.3 is 10.3 Å². The van der Waals surface area contributed by atoms with Crippen LogP contribution in [0.2, 0.25) is 0 Å². The van der Waals surface area contributed by atoms with E-state index in [0.717, 1.165) is 26.2 Å². The predicted octanol–water partition coefficient (Wildman–Crippen LogP) is 3.81. The first kappa shape index (κ1) is 11.4. The fourth-order valence-corrected chi connectivity index (χ4v) is 3.26. The number of pyridine rings is 1. The van der Waals surface area contributed by atoms with Crippen molar-refractivity contribution in [2.45, 2.75) is 0 Å². The van der Waals surface area contributed by atoms with Crippen molar-refractivity contribution in [3.05, 3.63) is 40.4 Å². The Morgan fingerprint density at radius 1 is 1.33 bits per heavy atom. The van der Waals surface area contributed by atoms with E-state index in [2.05, 4.69) is 26.1 Å². The molecule has 18 heavy (non-hydrogen) atoms. The Hall–Kier alpha value is -1.66. The van der Waals surface area contributed by atoms with Gasteiger partial charge in [0.05, 0.1) is 10.4 Å². The van der Waals surface area contributed by atoms with Gasteiger partial charge in [-0.15, -0.1) is 11.3 Å². The number of nitrogen functional groups attached to an aromatic ring is 1. The number of hydrogen-bond donors (Lipinski definition) is 1. The van der Waals surface area contributed by atoms with Crippen molar-refractivity contribution >= 4 is 33.2 Å². The van der Waals surface area contributed by atoms with E-state index in [4.69, 9.17) is 10.3 Å². The molecule has 90 valence electrons. The van der Waals surface area contributed by atoms with E-state index in [1.165, 1.54) is 0 Å². The number of thiophene rings is 1. The van der Waals surface area contributed by atoms with Crippen molar-refractivity contribution in [2.24, 2.45) is 0 Å². The zero-order chi connectivity index (χ0) is 12.5. The van der Waals surface area contributed by atoms with Crippen LogP contribution in [0.1, 0.15) is 0 Å². The maximum atomic E-state index is 5.86. The van der Waals surface area contributed by atoms with Gasteiger partial charge in [0.2, 0.25) is 5.88 Å². The molecule has 3 rings (SSSR count). The Bertz CT molecular complexity index is 678. The molecule has 0 radical (unpaired) electrons. The minimum absolute atomic E-state index is 0.304. The molecule has 3 heterocycles. The van der Waals surface area contributed by atoms with Gasteiger partial charge in [0.15, 0.2) is 0 Å². The minimum atomic E-state index is 0.304. The highest BCUT2D eigenvalue weighted by Gasteiger charge is 2.20. The highest BCUT2D eigenvalue weighted by molar-refractivity contribution is 9.10. The van der Waals surface area contributed by atoms with Crippen LogP contribution in [0.4, 0.5) is 5.88 Å². The first-order valence-corrected chi connectivity index (χ1v) is 6.83. The number of nitrogens with two attached hydrogens (primary N) is 1. The van der Waals surface area contributed by atoms with Gasteiger partial charge in [-0.3, -0.25) is 4.98 Å².